The van der Waals surface area contributed by atoms with Crippen LogP contribution in [0.5, 0.6) is 0 Å². The second-order valence-electron chi connectivity index (χ2n) is 5.66. The maximum Gasteiger partial charge on any atom is 0.0769 e. The van der Waals surface area contributed by atoms with Crippen LogP contribution >= 0.6 is 0 Å². The van der Waals surface area contributed by atoms with Crippen LogP contribution in [0.3, 0.4) is 0 Å². The summed E-state index contributed by atoms with van der Waals surface area (Å²) in [6, 6.07) is 4.94. The molecule has 0 radical (unpaired) electrons. The van der Waals surface area contributed by atoms with E-state index in [4.69, 9.17) is 0 Å². The van der Waals surface area contributed by atoms with Crippen LogP contribution in [0.1, 0.15) is 46.7 Å². The van der Waals surface area contributed by atoms with E-state index in [1.807, 2.05) is 7.05 Å². The number of nitrogens with zero attached hydrogens (tertiary/aromatic N) is 1. The highest BCUT2D eigenvalue weighted by molar-refractivity contribution is 5.47. The van der Waals surface area contributed by atoms with Crippen molar-refractivity contribution in [2.24, 2.45) is 5.41 Å². The van der Waals surface area contributed by atoms with E-state index in [-0.39, 0.29) is 11.5 Å². The molecule has 0 saturated heterocycles. The highest BCUT2D eigenvalue weighted by Gasteiger charge is 2.51. The average molecular weight is 242 g/mol. The van der Waals surface area contributed by atoms with Gasteiger partial charge in [0.2, 0.25) is 0 Å². The highest BCUT2D eigenvalue weighted by Crippen LogP contribution is 2.55. The topological polar surface area (TPSA) is 35.8 Å². The molecule has 1 aromatic carbocycles. The SMILES string of the molecule is CNC(c1c(C)c(C)cc(C)c1C)C1(C#N)CC1. The standard InChI is InChI=1S/C16H22N2/c1-10-8-11(2)13(4)14(12(10)3)15(18-5)16(9-17)6-7-16/h8,15,18H,6-7H2,1-5H3. The summed E-state index contributed by atoms with van der Waals surface area (Å²) in [6.45, 7) is 8.66. The first-order valence-corrected chi connectivity index (χ1v) is 6.62. The molecule has 0 aromatic heterocycles. The summed E-state index contributed by atoms with van der Waals surface area (Å²) >= 11 is 0. The normalized spacial score (nSPS) is 18.2. The van der Waals surface area contributed by atoms with E-state index in [9.17, 15) is 5.26 Å². The molecule has 2 heteroatoms. The Hall–Kier alpha value is -1.33. The Kier molecular flexibility index (Phi) is 3.21. The Balaban J connectivity index is 2.60. The van der Waals surface area contributed by atoms with Gasteiger partial charge in [0, 0.05) is 0 Å². The zero-order valence-electron chi connectivity index (χ0n) is 12.0. The Morgan fingerprint density at radius 1 is 1.17 bits per heavy atom. The van der Waals surface area contributed by atoms with Gasteiger partial charge in [-0.3, -0.25) is 0 Å². The Bertz CT molecular complexity index is 493. The van der Waals surface area contributed by atoms with Gasteiger partial charge in [-0.05, 0) is 75.4 Å². The summed E-state index contributed by atoms with van der Waals surface area (Å²) in [7, 11) is 1.97. The van der Waals surface area contributed by atoms with Crippen LogP contribution in [0.4, 0.5) is 0 Å². The minimum absolute atomic E-state index is 0.168. The van der Waals surface area contributed by atoms with Gasteiger partial charge in [0.25, 0.3) is 0 Å². The molecular weight excluding hydrogens is 220 g/mol. The van der Waals surface area contributed by atoms with Gasteiger partial charge in [-0.2, -0.15) is 5.26 Å². The molecule has 0 spiro atoms. The Morgan fingerprint density at radius 3 is 2.00 bits per heavy atom. The first-order chi connectivity index (χ1) is 8.46. The number of hydrogen-bond donors (Lipinski definition) is 1. The van der Waals surface area contributed by atoms with Crippen molar-refractivity contribution >= 4 is 0 Å². The van der Waals surface area contributed by atoms with Crippen LogP contribution in [0.25, 0.3) is 0 Å². The minimum Gasteiger partial charge on any atom is -0.312 e. The highest BCUT2D eigenvalue weighted by atomic mass is 14.9. The number of benzene rings is 1. The predicted octanol–water partition coefficient (Wildman–Crippen LogP) is 3.48. The van der Waals surface area contributed by atoms with Crippen LogP contribution in [0, 0.1) is 44.4 Å². The van der Waals surface area contributed by atoms with Crippen molar-refractivity contribution in [2.45, 2.75) is 46.6 Å². The van der Waals surface area contributed by atoms with E-state index >= 15 is 0 Å². The molecule has 0 amide bonds. The summed E-state index contributed by atoms with van der Waals surface area (Å²) in [6.07, 6.45) is 2.03. The predicted molar refractivity (Wildman–Crippen MR) is 74.5 cm³/mol. The summed E-state index contributed by atoms with van der Waals surface area (Å²) in [5.74, 6) is 0. The average Bonchev–Trinajstić information content (AvgIpc) is 3.13. The van der Waals surface area contributed by atoms with Crippen LogP contribution in [-0.4, -0.2) is 7.05 Å². The lowest BCUT2D eigenvalue weighted by atomic mass is 9.83. The van der Waals surface area contributed by atoms with Gasteiger partial charge >= 0.3 is 0 Å². The lowest BCUT2D eigenvalue weighted by Crippen LogP contribution is -2.27. The molecule has 1 aliphatic carbocycles. The van der Waals surface area contributed by atoms with Crippen LogP contribution in [-0.2, 0) is 0 Å². The van der Waals surface area contributed by atoms with Crippen LogP contribution in [0.2, 0.25) is 0 Å². The maximum atomic E-state index is 9.45. The quantitative estimate of drug-likeness (QED) is 0.880. The number of hydrogen-bond acceptors (Lipinski definition) is 2. The number of rotatable bonds is 3. The van der Waals surface area contributed by atoms with E-state index in [1.54, 1.807) is 0 Å². The summed E-state index contributed by atoms with van der Waals surface area (Å²) in [5.41, 5.74) is 6.47. The molecule has 2 nitrogen and oxygen atoms in total. The lowest BCUT2D eigenvalue weighted by molar-refractivity contribution is 0.440. The van der Waals surface area contributed by atoms with Crippen molar-refractivity contribution in [3.8, 4) is 6.07 Å². The van der Waals surface area contributed by atoms with Gasteiger partial charge in [0.15, 0.2) is 0 Å². The van der Waals surface area contributed by atoms with Crippen LogP contribution < -0.4 is 5.32 Å². The molecule has 18 heavy (non-hydrogen) atoms. The third kappa shape index (κ3) is 1.83. The zero-order chi connectivity index (χ0) is 13.5. The van der Waals surface area contributed by atoms with E-state index in [0.29, 0.717) is 0 Å². The molecule has 2 rings (SSSR count). The van der Waals surface area contributed by atoms with Crippen molar-refractivity contribution in [1.29, 1.82) is 5.26 Å². The van der Waals surface area contributed by atoms with Crippen molar-refractivity contribution in [1.82, 2.24) is 5.32 Å². The molecule has 0 bridgehead atoms. The second-order valence-corrected chi connectivity index (χ2v) is 5.66. The summed E-state index contributed by atoms with van der Waals surface area (Å²) in [5, 5.41) is 12.8. The maximum absolute atomic E-state index is 9.45. The lowest BCUT2D eigenvalue weighted by Gasteiger charge is -2.27. The van der Waals surface area contributed by atoms with E-state index in [1.165, 1.54) is 27.8 Å². The van der Waals surface area contributed by atoms with Crippen LogP contribution in [0.15, 0.2) is 6.07 Å². The molecule has 1 unspecified atom stereocenters. The van der Waals surface area contributed by atoms with E-state index in [2.05, 4.69) is 45.1 Å². The van der Waals surface area contributed by atoms with Gasteiger partial charge in [0.1, 0.15) is 0 Å². The van der Waals surface area contributed by atoms with Crippen molar-refractivity contribution in [2.75, 3.05) is 7.05 Å². The monoisotopic (exact) mass is 242 g/mol. The fraction of sp³-hybridized carbons (Fsp3) is 0.562. The minimum atomic E-state index is -0.176. The fourth-order valence-corrected chi connectivity index (χ4v) is 2.98. The van der Waals surface area contributed by atoms with Gasteiger partial charge in [-0.15, -0.1) is 0 Å². The molecular formula is C16H22N2. The first kappa shape index (κ1) is 13.1. The summed E-state index contributed by atoms with van der Waals surface area (Å²) in [4.78, 5) is 0. The molecule has 1 atom stereocenters. The van der Waals surface area contributed by atoms with Gasteiger partial charge in [-0.25, -0.2) is 0 Å². The van der Waals surface area contributed by atoms with Crippen molar-refractivity contribution in [3.63, 3.8) is 0 Å². The smallest absolute Gasteiger partial charge is 0.0769 e. The number of aryl methyl sites for hydroxylation is 2. The van der Waals surface area contributed by atoms with E-state index < -0.39 is 0 Å². The summed E-state index contributed by atoms with van der Waals surface area (Å²) < 4.78 is 0. The van der Waals surface area contributed by atoms with Gasteiger partial charge in [0.05, 0.1) is 17.5 Å². The molecule has 0 aliphatic heterocycles. The largest absolute Gasteiger partial charge is 0.312 e. The van der Waals surface area contributed by atoms with Gasteiger partial charge in [-0.1, -0.05) is 6.07 Å². The van der Waals surface area contributed by atoms with Crippen molar-refractivity contribution < 1.29 is 0 Å². The molecule has 1 aromatic rings. The Morgan fingerprint density at radius 2 is 1.67 bits per heavy atom. The molecule has 0 heterocycles. The molecule has 1 aliphatic rings. The molecule has 1 N–H and O–H groups in total. The van der Waals surface area contributed by atoms with Crippen molar-refractivity contribution in [3.05, 3.63) is 33.9 Å². The Labute approximate surface area is 110 Å². The zero-order valence-corrected chi connectivity index (χ0v) is 12.0. The third-order valence-electron chi connectivity index (χ3n) is 4.57. The number of nitriles is 1. The fourth-order valence-electron chi connectivity index (χ4n) is 2.98. The number of nitrogens with one attached hydrogen (secondary N) is 1. The molecule has 1 fully saturated rings. The molecule has 96 valence electrons. The second kappa shape index (κ2) is 4.40. The molecule has 1 saturated carbocycles. The van der Waals surface area contributed by atoms with E-state index in [0.717, 1.165) is 12.8 Å². The third-order valence-corrected chi connectivity index (χ3v) is 4.57. The first-order valence-electron chi connectivity index (χ1n) is 6.62. The van der Waals surface area contributed by atoms with Gasteiger partial charge < -0.3 is 5.32 Å².